The Balaban J connectivity index is 1.97. The van der Waals surface area contributed by atoms with Crippen LogP contribution in [0.2, 0.25) is 0 Å². The van der Waals surface area contributed by atoms with Crippen molar-refractivity contribution in [2.24, 2.45) is 16.5 Å². The third-order valence-corrected chi connectivity index (χ3v) is 4.65. The van der Waals surface area contributed by atoms with E-state index in [-0.39, 0.29) is 11.3 Å². The zero-order chi connectivity index (χ0) is 11.3. The van der Waals surface area contributed by atoms with Gasteiger partial charge in [-0.15, -0.1) is 0 Å². The maximum Gasteiger partial charge on any atom is 0.307 e. The third kappa shape index (κ3) is 1.86. The molecule has 2 fully saturated rings. The third-order valence-electron chi connectivity index (χ3n) is 3.57. The molecule has 3 N–H and O–H groups in total. The molecule has 1 aliphatic heterocycles. The van der Waals surface area contributed by atoms with E-state index in [0.717, 1.165) is 0 Å². The number of hydrogen-bond acceptors (Lipinski definition) is 3. The monoisotopic (exact) mass is 234 g/mol. The normalized spacial score (nSPS) is 30.3. The summed E-state index contributed by atoms with van der Waals surface area (Å²) in [7, 11) is -3.60. The van der Waals surface area contributed by atoms with Crippen molar-refractivity contribution >= 4 is 16.2 Å². The smallest absolute Gasteiger partial charge is 0.307 e. The van der Waals surface area contributed by atoms with Gasteiger partial charge in [-0.2, -0.15) is 12.7 Å². The second-order valence-corrected chi connectivity index (χ2v) is 5.95. The lowest BCUT2D eigenvalue weighted by Crippen LogP contribution is -2.43. The van der Waals surface area contributed by atoms with Crippen molar-refractivity contribution in [1.29, 1.82) is 0 Å². The molecule has 6 nitrogen and oxygen atoms in total. The number of hydrogen-bond donors (Lipinski definition) is 2. The van der Waals surface area contributed by atoms with E-state index in [1.807, 2.05) is 0 Å². The maximum absolute atomic E-state index is 11.0. The number of nitrogens with two attached hydrogens (primary N) is 1. The Morgan fingerprint density at radius 2 is 1.93 bits per heavy atom. The van der Waals surface area contributed by atoms with E-state index in [0.29, 0.717) is 32.4 Å². The van der Waals surface area contributed by atoms with Crippen LogP contribution in [-0.2, 0) is 15.0 Å². The molecule has 0 unspecified atom stereocenters. The average Bonchev–Trinajstić information content (AvgIpc) is 2.79. The molecule has 1 saturated carbocycles. The molecule has 0 aromatic carbocycles. The number of nitrogens with zero attached hydrogens (tertiary/aromatic N) is 1. The van der Waals surface area contributed by atoms with Gasteiger partial charge >= 0.3 is 5.97 Å². The molecule has 1 heterocycles. The van der Waals surface area contributed by atoms with E-state index >= 15 is 0 Å². The lowest BCUT2D eigenvalue weighted by molar-refractivity contribution is -0.139. The van der Waals surface area contributed by atoms with Crippen LogP contribution in [0.15, 0.2) is 0 Å². The molecule has 2 rings (SSSR count). The van der Waals surface area contributed by atoms with Crippen LogP contribution in [0, 0.1) is 11.3 Å². The van der Waals surface area contributed by atoms with Gasteiger partial charge in [0.25, 0.3) is 10.2 Å². The zero-order valence-corrected chi connectivity index (χ0v) is 9.03. The summed E-state index contributed by atoms with van der Waals surface area (Å²) in [5, 5.41) is 13.8. The van der Waals surface area contributed by atoms with Crippen molar-refractivity contribution in [2.75, 3.05) is 13.1 Å². The van der Waals surface area contributed by atoms with E-state index in [1.165, 1.54) is 4.31 Å². The van der Waals surface area contributed by atoms with Crippen LogP contribution in [0.4, 0.5) is 0 Å². The first kappa shape index (κ1) is 10.8. The van der Waals surface area contributed by atoms with Gasteiger partial charge < -0.3 is 5.11 Å². The number of carboxylic acid groups (broad SMARTS) is 1. The predicted molar refractivity (Wildman–Crippen MR) is 52.1 cm³/mol. The fourth-order valence-corrected chi connectivity index (χ4v) is 3.13. The molecule has 2 aliphatic rings. The zero-order valence-electron chi connectivity index (χ0n) is 8.22. The van der Waals surface area contributed by atoms with Crippen molar-refractivity contribution in [3.8, 4) is 0 Å². The minimum absolute atomic E-state index is 0.146. The van der Waals surface area contributed by atoms with Crippen molar-refractivity contribution < 1.29 is 18.3 Å². The quantitative estimate of drug-likeness (QED) is 0.664. The minimum atomic E-state index is -3.60. The van der Waals surface area contributed by atoms with E-state index < -0.39 is 16.2 Å². The highest BCUT2D eigenvalue weighted by molar-refractivity contribution is 7.86. The summed E-state index contributed by atoms with van der Waals surface area (Å²) in [6, 6.07) is 0. The molecule has 0 aromatic rings. The number of rotatable bonds is 2. The van der Waals surface area contributed by atoms with Gasteiger partial charge in [-0.25, -0.2) is 5.14 Å². The Morgan fingerprint density at radius 1 is 1.40 bits per heavy atom. The number of carboxylic acids is 1. The molecule has 0 bridgehead atoms. The molecule has 0 amide bonds. The number of carbonyl (C=O) groups is 1. The Bertz CT molecular complexity index is 383. The van der Waals surface area contributed by atoms with Gasteiger partial charge in [-0.3, -0.25) is 4.79 Å². The van der Waals surface area contributed by atoms with Crippen molar-refractivity contribution in [1.82, 2.24) is 4.31 Å². The molecule has 86 valence electrons. The Morgan fingerprint density at radius 3 is 2.27 bits per heavy atom. The summed E-state index contributed by atoms with van der Waals surface area (Å²) in [5.41, 5.74) is -0.146. The highest BCUT2D eigenvalue weighted by Gasteiger charge is 2.59. The van der Waals surface area contributed by atoms with Crippen LogP contribution >= 0.6 is 0 Å². The molecule has 7 heteroatoms. The molecule has 1 aliphatic carbocycles. The second kappa shape index (κ2) is 3.16. The molecule has 1 saturated heterocycles. The van der Waals surface area contributed by atoms with Gasteiger partial charge in [0.15, 0.2) is 0 Å². The highest BCUT2D eigenvalue weighted by atomic mass is 32.2. The molecule has 15 heavy (non-hydrogen) atoms. The van der Waals surface area contributed by atoms with Crippen molar-refractivity contribution in [3.05, 3.63) is 0 Å². The van der Waals surface area contributed by atoms with E-state index in [9.17, 15) is 13.2 Å². The second-order valence-electron chi connectivity index (χ2n) is 4.40. The first-order valence-corrected chi connectivity index (χ1v) is 6.36. The van der Waals surface area contributed by atoms with Gasteiger partial charge in [-0.1, -0.05) is 0 Å². The largest absolute Gasteiger partial charge is 0.481 e. The van der Waals surface area contributed by atoms with Crippen LogP contribution in [-0.4, -0.2) is 36.9 Å². The van der Waals surface area contributed by atoms with E-state index in [4.69, 9.17) is 10.2 Å². The van der Waals surface area contributed by atoms with Gasteiger partial charge in [0.1, 0.15) is 0 Å². The van der Waals surface area contributed by atoms with E-state index in [2.05, 4.69) is 0 Å². The minimum Gasteiger partial charge on any atom is -0.481 e. The molecule has 1 atom stereocenters. The Kier molecular flexibility index (Phi) is 2.29. The van der Waals surface area contributed by atoms with Gasteiger partial charge in [-0.05, 0) is 24.7 Å². The number of aliphatic carboxylic acids is 1. The molecule has 1 spiro atoms. The highest BCUT2D eigenvalue weighted by Crippen LogP contribution is 2.59. The van der Waals surface area contributed by atoms with Crippen LogP contribution in [0.5, 0.6) is 0 Å². The molecular formula is C8H14N2O4S. The van der Waals surface area contributed by atoms with Gasteiger partial charge in [0, 0.05) is 13.1 Å². The standard InChI is InChI=1S/C8H14N2O4S/c9-15(13,14)10-3-1-8(2-4-10)5-6(8)7(11)12/h6H,1-5H2,(H,11,12)(H2,9,13,14)/t6-/m0/s1. The van der Waals surface area contributed by atoms with Crippen LogP contribution in [0.25, 0.3) is 0 Å². The summed E-state index contributed by atoms with van der Waals surface area (Å²) >= 11 is 0. The SMILES string of the molecule is NS(=O)(=O)N1CCC2(CC1)C[C@H]2C(=O)O. The summed E-state index contributed by atoms with van der Waals surface area (Å²) in [6.07, 6.45) is 1.90. The lowest BCUT2D eigenvalue weighted by atomic mass is 9.92. The molecular weight excluding hydrogens is 220 g/mol. The lowest BCUT2D eigenvalue weighted by Gasteiger charge is -2.30. The van der Waals surface area contributed by atoms with Crippen LogP contribution in [0.3, 0.4) is 0 Å². The topological polar surface area (TPSA) is 101 Å². The first-order chi connectivity index (χ1) is 6.85. The van der Waals surface area contributed by atoms with E-state index in [1.54, 1.807) is 0 Å². The summed E-state index contributed by atoms with van der Waals surface area (Å²) in [6.45, 7) is 0.700. The van der Waals surface area contributed by atoms with Crippen LogP contribution < -0.4 is 5.14 Å². The fourth-order valence-electron chi connectivity index (χ4n) is 2.44. The van der Waals surface area contributed by atoms with Crippen LogP contribution in [0.1, 0.15) is 19.3 Å². The van der Waals surface area contributed by atoms with Gasteiger partial charge in [0.05, 0.1) is 5.92 Å². The maximum atomic E-state index is 11.0. The van der Waals surface area contributed by atoms with Crippen molar-refractivity contribution in [3.63, 3.8) is 0 Å². The summed E-state index contributed by atoms with van der Waals surface area (Å²) in [4.78, 5) is 10.8. The average molecular weight is 234 g/mol. The Hall–Kier alpha value is -0.660. The molecule has 0 radical (unpaired) electrons. The summed E-state index contributed by atoms with van der Waals surface area (Å²) < 4.78 is 23.3. The fraction of sp³-hybridized carbons (Fsp3) is 0.875. The van der Waals surface area contributed by atoms with Gasteiger partial charge in [0.2, 0.25) is 0 Å². The molecule has 0 aromatic heterocycles. The summed E-state index contributed by atoms with van der Waals surface area (Å²) in [5.74, 6) is -1.04. The predicted octanol–water partition coefficient (Wildman–Crippen LogP) is -0.623. The van der Waals surface area contributed by atoms with Crippen molar-refractivity contribution in [2.45, 2.75) is 19.3 Å². The number of piperidine rings is 1. The first-order valence-electron chi connectivity index (χ1n) is 4.86. The Labute approximate surface area is 88.2 Å².